The first-order valence-electron chi connectivity index (χ1n) is 10.4. The van der Waals surface area contributed by atoms with Gasteiger partial charge in [0.1, 0.15) is 24.1 Å². The molecule has 0 fully saturated rings. The highest BCUT2D eigenvalue weighted by molar-refractivity contribution is 6.00. The molecule has 0 radical (unpaired) electrons. The summed E-state index contributed by atoms with van der Waals surface area (Å²) in [6, 6.07) is 8.57. The Labute approximate surface area is 192 Å². The van der Waals surface area contributed by atoms with E-state index in [1.165, 1.54) is 51.1 Å². The summed E-state index contributed by atoms with van der Waals surface area (Å²) in [5.74, 6) is -4.13. The molecule has 1 aliphatic heterocycles. The number of hydrogen-bond donors (Lipinski definition) is 1. The number of fused-ring (bicyclic) bond motifs is 1. The van der Waals surface area contributed by atoms with Crippen LogP contribution in [0.25, 0.3) is 0 Å². The van der Waals surface area contributed by atoms with Gasteiger partial charge >= 0.3 is 0 Å². The Hall–Kier alpha value is -4.08. The molecule has 2 aromatic carbocycles. The lowest BCUT2D eigenvalue weighted by Crippen LogP contribution is -2.52. The molecule has 2 heterocycles. The van der Waals surface area contributed by atoms with Crippen LogP contribution in [0.15, 0.2) is 53.5 Å². The molecule has 0 aliphatic carbocycles. The second-order valence-corrected chi connectivity index (χ2v) is 8.00. The average molecular weight is 471 g/mol. The third-order valence-electron chi connectivity index (χ3n) is 5.62. The SMILES string of the molecule is CN1CN(Cc2ccc(F)cc2)C(=O)c2c(O)c(=O)c(C(=O)CCc3ccc(F)cc3F)cn21. The van der Waals surface area contributed by atoms with Crippen molar-refractivity contribution in [1.29, 1.82) is 0 Å². The average Bonchev–Trinajstić information content (AvgIpc) is 2.79. The molecule has 0 saturated heterocycles. The fraction of sp³-hybridized carbons (Fsp3) is 0.208. The Morgan fingerprint density at radius 1 is 1.03 bits per heavy atom. The molecular formula is C24H20F3N3O4. The lowest BCUT2D eigenvalue weighted by molar-refractivity contribution is 0.0678. The van der Waals surface area contributed by atoms with Crippen molar-refractivity contribution in [3.8, 4) is 5.75 Å². The zero-order valence-corrected chi connectivity index (χ0v) is 18.1. The van der Waals surface area contributed by atoms with E-state index in [0.29, 0.717) is 11.6 Å². The summed E-state index contributed by atoms with van der Waals surface area (Å²) < 4.78 is 41.3. The van der Waals surface area contributed by atoms with E-state index >= 15 is 0 Å². The highest BCUT2D eigenvalue weighted by Crippen LogP contribution is 2.23. The number of nitrogens with zero attached hydrogens (tertiary/aromatic N) is 3. The maximum absolute atomic E-state index is 13.9. The van der Waals surface area contributed by atoms with Crippen LogP contribution in [0, 0.1) is 17.5 Å². The Balaban J connectivity index is 1.59. The Kier molecular flexibility index (Phi) is 6.14. The number of pyridine rings is 1. The standard InChI is InChI=1S/C24H20F3N3O4/c1-28-13-29(11-14-2-6-16(25)7-3-14)24(34)21-23(33)22(32)18(12-30(21)28)20(31)9-5-15-4-8-17(26)10-19(15)27/h2-4,6-8,10,12,33H,5,9,11,13H2,1H3. The smallest absolute Gasteiger partial charge is 0.278 e. The van der Waals surface area contributed by atoms with Crippen LogP contribution in [-0.2, 0) is 13.0 Å². The summed E-state index contributed by atoms with van der Waals surface area (Å²) >= 11 is 0. The van der Waals surface area contributed by atoms with Gasteiger partial charge in [-0.1, -0.05) is 18.2 Å². The highest BCUT2D eigenvalue weighted by atomic mass is 19.1. The molecule has 7 nitrogen and oxygen atoms in total. The van der Waals surface area contributed by atoms with Crippen molar-refractivity contribution in [1.82, 2.24) is 9.58 Å². The van der Waals surface area contributed by atoms with Gasteiger partial charge in [-0.25, -0.2) is 13.2 Å². The van der Waals surface area contributed by atoms with Gasteiger partial charge in [-0.05, 0) is 35.7 Å². The minimum Gasteiger partial charge on any atom is -0.502 e. The van der Waals surface area contributed by atoms with Gasteiger partial charge in [0, 0.05) is 32.3 Å². The number of halogens is 3. The third-order valence-corrected chi connectivity index (χ3v) is 5.62. The molecule has 4 rings (SSSR count). The fourth-order valence-electron chi connectivity index (χ4n) is 3.82. The van der Waals surface area contributed by atoms with E-state index < -0.39 is 40.3 Å². The van der Waals surface area contributed by atoms with Crippen molar-refractivity contribution >= 4 is 11.7 Å². The Morgan fingerprint density at radius 2 is 1.71 bits per heavy atom. The van der Waals surface area contributed by atoms with Crippen molar-refractivity contribution in [3.05, 3.63) is 98.7 Å². The number of benzene rings is 2. The van der Waals surface area contributed by atoms with Crippen LogP contribution >= 0.6 is 0 Å². The zero-order chi connectivity index (χ0) is 24.6. The number of rotatable bonds is 6. The predicted molar refractivity (Wildman–Crippen MR) is 117 cm³/mol. The summed E-state index contributed by atoms with van der Waals surface area (Å²) in [6.45, 7) is 0.181. The summed E-state index contributed by atoms with van der Waals surface area (Å²) in [5.41, 5.74) is -0.905. The first-order chi connectivity index (χ1) is 16.2. The van der Waals surface area contributed by atoms with Crippen molar-refractivity contribution in [2.24, 2.45) is 0 Å². The van der Waals surface area contributed by atoms with Gasteiger partial charge in [0.25, 0.3) is 5.91 Å². The number of aromatic hydroxyl groups is 1. The second-order valence-electron chi connectivity index (χ2n) is 8.00. The van der Waals surface area contributed by atoms with Gasteiger partial charge in [-0.15, -0.1) is 0 Å². The number of ketones is 1. The van der Waals surface area contributed by atoms with E-state index in [9.17, 15) is 32.7 Å². The summed E-state index contributed by atoms with van der Waals surface area (Å²) in [6.07, 6.45) is 0.839. The molecule has 1 aromatic heterocycles. The van der Waals surface area contributed by atoms with Crippen molar-refractivity contribution < 1.29 is 27.9 Å². The van der Waals surface area contributed by atoms with E-state index in [4.69, 9.17) is 0 Å². The number of aryl methyl sites for hydroxylation is 1. The normalized spacial score (nSPS) is 13.2. The van der Waals surface area contributed by atoms with E-state index in [0.717, 1.165) is 6.07 Å². The number of carbonyl (C=O) groups is 2. The van der Waals surface area contributed by atoms with Gasteiger partial charge in [0.15, 0.2) is 17.2 Å². The number of hydrogen-bond acceptors (Lipinski definition) is 5. The lowest BCUT2D eigenvalue weighted by Gasteiger charge is -2.37. The molecule has 176 valence electrons. The predicted octanol–water partition coefficient (Wildman–Crippen LogP) is 2.97. The topological polar surface area (TPSA) is 82.8 Å². The van der Waals surface area contributed by atoms with Gasteiger partial charge in [0.2, 0.25) is 5.43 Å². The maximum Gasteiger partial charge on any atom is 0.278 e. The Morgan fingerprint density at radius 3 is 2.38 bits per heavy atom. The van der Waals surface area contributed by atoms with E-state index in [2.05, 4.69) is 0 Å². The molecule has 3 aromatic rings. The summed E-state index contributed by atoms with van der Waals surface area (Å²) in [5, 5.41) is 12.1. The molecule has 0 bridgehead atoms. The van der Waals surface area contributed by atoms with E-state index in [1.54, 1.807) is 7.05 Å². The third kappa shape index (κ3) is 4.39. The minimum absolute atomic E-state index is 0.0694. The van der Waals surface area contributed by atoms with Crippen LogP contribution in [0.5, 0.6) is 5.75 Å². The molecule has 1 aliphatic rings. The lowest BCUT2D eigenvalue weighted by atomic mass is 10.0. The van der Waals surface area contributed by atoms with Crippen LogP contribution in [0.4, 0.5) is 13.2 Å². The minimum atomic E-state index is -1.01. The van der Waals surface area contributed by atoms with Crippen molar-refractivity contribution in [2.45, 2.75) is 19.4 Å². The van der Waals surface area contributed by atoms with E-state index in [1.807, 2.05) is 0 Å². The van der Waals surface area contributed by atoms with Crippen LogP contribution in [-0.4, -0.2) is 40.1 Å². The number of carbonyl (C=O) groups excluding carboxylic acids is 2. The molecule has 0 spiro atoms. The molecule has 1 N–H and O–H groups in total. The highest BCUT2D eigenvalue weighted by Gasteiger charge is 2.33. The van der Waals surface area contributed by atoms with Crippen molar-refractivity contribution in [3.63, 3.8) is 0 Å². The first-order valence-corrected chi connectivity index (χ1v) is 10.4. The quantitative estimate of drug-likeness (QED) is 0.559. The molecular weight excluding hydrogens is 451 g/mol. The zero-order valence-electron chi connectivity index (χ0n) is 18.1. The fourth-order valence-corrected chi connectivity index (χ4v) is 3.82. The van der Waals surface area contributed by atoms with Gasteiger partial charge in [0.05, 0.1) is 5.56 Å². The molecule has 0 atom stereocenters. The first kappa shape index (κ1) is 23.1. The Bertz CT molecular complexity index is 1340. The largest absolute Gasteiger partial charge is 0.502 e. The van der Waals surface area contributed by atoms with Gasteiger partial charge < -0.3 is 10.0 Å². The maximum atomic E-state index is 13.9. The van der Waals surface area contributed by atoms with Crippen LogP contribution < -0.4 is 10.4 Å². The van der Waals surface area contributed by atoms with Crippen LogP contribution in [0.1, 0.15) is 38.4 Å². The molecule has 0 saturated carbocycles. The second kappa shape index (κ2) is 9.05. The number of amides is 1. The molecule has 1 amide bonds. The van der Waals surface area contributed by atoms with Crippen LogP contribution in [0.3, 0.4) is 0 Å². The number of aromatic nitrogens is 1. The monoisotopic (exact) mass is 471 g/mol. The molecule has 0 unspecified atom stereocenters. The molecule has 10 heteroatoms. The van der Waals surface area contributed by atoms with E-state index in [-0.39, 0.29) is 42.9 Å². The van der Waals surface area contributed by atoms with Gasteiger partial charge in [-0.2, -0.15) is 0 Å². The van der Waals surface area contributed by atoms with Crippen molar-refractivity contribution in [2.75, 3.05) is 18.7 Å². The molecule has 34 heavy (non-hydrogen) atoms. The van der Waals surface area contributed by atoms with Gasteiger partial charge in [-0.3, -0.25) is 24.1 Å². The van der Waals surface area contributed by atoms with Crippen LogP contribution in [0.2, 0.25) is 0 Å². The number of Topliss-reactive ketones (excluding diaryl/α,β-unsaturated/α-hetero) is 1. The summed E-state index contributed by atoms with van der Waals surface area (Å²) in [7, 11) is 1.60. The summed E-state index contributed by atoms with van der Waals surface area (Å²) in [4.78, 5) is 39.8.